The second kappa shape index (κ2) is 10.4. The molecule has 1 aliphatic heterocycles. The smallest absolute Gasteiger partial charge is 0.255 e. The van der Waals surface area contributed by atoms with Gasteiger partial charge in [0.05, 0.1) is 17.9 Å². The molecule has 6 rings (SSSR count). The van der Waals surface area contributed by atoms with E-state index >= 15 is 0 Å². The number of carbonyl (C=O) groups excluding carboxylic acids is 3. The Labute approximate surface area is 257 Å². The van der Waals surface area contributed by atoms with Crippen LogP contribution in [0.25, 0.3) is 5.76 Å². The highest BCUT2D eigenvalue weighted by Crippen LogP contribution is 2.53. The fourth-order valence-corrected chi connectivity index (χ4v) is 8.21. The summed E-state index contributed by atoms with van der Waals surface area (Å²) in [6.45, 7) is 1.82. The molecular weight excluding hydrogens is 614 g/mol. The number of phenolic OH excluding ortho intramolecular Hbond substituents is 1. The van der Waals surface area contributed by atoms with Gasteiger partial charge in [-0.15, -0.1) is 0 Å². The highest BCUT2D eigenvalue weighted by molar-refractivity contribution is 7.88. The van der Waals surface area contributed by atoms with E-state index in [9.17, 15) is 43.2 Å². The highest BCUT2D eigenvalue weighted by atomic mass is 35.5. The minimum absolute atomic E-state index is 0.0109. The van der Waals surface area contributed by atoms with Crippen LogP contribution in [-0.2, 0) is 50.3 Å². The molecule has 44 heavy (non-hydrogen) atoms. The third kappa shape index (κ3) is 4.61. The van der Waals surface area contributed by atoms with Crippen LogP contribution in [0, 0.1) is 11.8 Å². The van der Waals surface area contributed by atoms with Crippen molar-refractivity contribution in [2.75, 3.05) is 12.8 Å². The summed E-state index contributed by atoms with van der Waals surface area (Å²) in [6, 6.07) is 7.70. The van der Waals surface area contributed by atoms with Gasteiger partial charge in [0, 0.05) is 36.1 Å². The molecule has 0 unspecified atom stereocenters. The number of benzene rings is 2. The molecule has 0 radical (unpaired) electrons. The lowest BCUT2D eigenvalue weighted by Gasteiger charge is -2.48. The average Bonchev–Trinajstić information content (AvgIpc) is 2.94. The van der Waals surface area contributed by atoms with E-state index in [1.165, 1.54) is 17.2 Å². The number of nitrogens with zero attached hydrogens (tertiary/aromatic N) is 1. The third-order valence-corrected chi connectivity index (χ3v) is 10.3. The zero-order chi connectivity index (χ0) is 31.9. The maximum Gasteiger partial charge on any atom is 0.255 e. The van der Waals surface area contributed by atoms with Gasteiger partial charge >= 0.3 is 0 Å². The number of phenols is 1. The minimum Gasteiger partial charge on any atom is -0.508 e. The van der Waals surface area contributed by atoms with Crippen LogP contribution in [0.15, 0.2) is 47.2 Å². The number of hydrogen-bond acceptors (Lipinski definition) is 10. The summed E-state index contributed by atoms with van der Waals surface area (Å²) in [5.41, 5.74) is 4.10. The summed E-state index contributed by atoms with van der Waals surface area (Å²) >= 11 is 6.88. The predicted molar refractivity (Wildman–Crippen MR) is 158 cm³/mol. The number of nitrogens with two attached hydrogens (primary N) is 1. The standard InChI is InChI=1S/C30H30ClN3O9S/c1-44(42,43)33-24-18-9-15-8-17-21(25(36)20(15)27(38)30(18,41)28(39)22(26(24)37)29(32)40)19(35)10-16(23(17)31)12-34-7-6-13-4-2-3-5-14(13)11-34/h2-5,10,15,18,24,33,35-36,39,41H,6-9,11-12H2,1H3,(H2,32,40)/t15-,18-,24-,30-/m0/s1. The van der Waals surface area contributed by atoms with E-state index in [0.717, 1.165) is 19.2 Å². The van der Waals surface area contributed by atoms with Gasteiger partial charge in [0.15, 0.2) is 11.4 Å². The van der Waals surface area contributed by atoms with E-state index in [1.54, 1.807) is 0 Å². The van der Waals surface area contributed by atoms with Gasteiger partial charge in [-0.25, -0.2) is 13.1 Å². The van der Waals surface area contributed by atoms with Crippen LogP contribution < -0.4 is 10.5 Å². The van der Waals surface area contributed by atoms with Crippen LogP contribution in [0.4, 0.5) is 0 Å². The Kier molecular flexibility index (Phi) is 7.17. The molecule has 0 spiro atoms. The van der Waals surface area contributed by atoms with E-state index in [-0.39, 0.29) is 34.8 Å². The number of ketones is 2. The maximum atomic E-state index is 13.9. The fourth-order valence-electron chi connectivity index (χ4n) is 7.19. The van der Waals surface area contributed by atoms with Crippen molar-refractivity contribution in [1.82, 2.24) is 9.62 Å². The van der Waals surface area contributed by atoms with E-state index in [4.69, 9.17) is 17.3 Å². The second-order valence-electron chi connectivity index (χ2n) is 11.9. The van der Waals surface area contributed by atoms with Gasteiger partial charge in [0.25, 0.3) is 5.91 Å². The number of halogens is 1. The summed E-state index contributed by atoms with van der Waals surface area (Å²) in [7, 11) is -4.13. The number of aromatic hydroxyl groups is 1. The predicted octanol–water partition coefficient (Wildman–Crippen LogP) is 1.16. The van der Waals surface area contributed by atoms with Crippen molar-refractivity contribution in [2.24, 2.45) is 17.6 Å². The van der Waals surface area contributed by atoms with Crippen LogP contribution in [0.3, 0.4) is 0 Å². The van der Waals surface area contributed by atoms with Crippen molar-refractivity contribution >= 4 is 44.9 Å². The topological polar surface area (TPSA) is 208 Å². The molecule has 4 aliphatic rings. The van der Waals surface area contributed by atoms with Crippen molar-refractivity contribution in [3.8, 4) is 5.75 Å². The number of aliphatic hydroxyl groups excluding tert-OH is 2. The molecule has 3 aliphatic carbocycles. The number of sulfonamides is 1. The van der Waals surface area contributed by atoms with Crippen LogP contribution in [0.5, 0.6) is 5.75 Å². The molecule has 0 aromatic heterocycles. The lowest BCUT2D eigenvalue weighted by molar-refractivity contribution is -0.149. The largest absolute Gasteiger partial charge is 0.508 e. The van der Waals surface area contributed by atoms with E-state index in [2.05, 4.69) is 21.8 Å². The molecule has 0 bridgehead atoms. The van der Waals surface area contributed by atoms with Crippen molar-refractivity contribution in [2.45, 2.75) is 44.0 Å². The summed E-state index contributed by atoms with van der Waals surface area (Å²) in [6.07, 6.45) is 1.31. The number of aliphatic hydroxyl groups is 3. The molecule has 12 nitrogen and oxygen atoms in total. The minimum atomic E-state index is -4.13. The molecule has 2 aromatic carbocycles. The number of carbonyl (C=O) groups is 3. The van der Waals surface area contributed by atoms with Gasteiger partial charge in [-0.05, 0) is 53.5 Å². The summed E-state index contributed by atoms with van der Waals surface area (Å²) in [5.74, 6) is -8.73. The molecule has 1 amide bonds. The molecule has 4 atom stereocenters. The Morgan fingerprint density at radius 1 is 1.18 bits per heavy atom. The molecule has 0 saturated heterocycles. The number of amides is 1. The first-order valence-corrected chi connectivity index (χ1v) is 16.2. The number of Topliss-reactive ketones (excluding diaryl/α,β-unsaturated/α-hetero) is 2. The second-order valence-corrected chi connectivity index (χ2v) is 14.0. The third-order valence-electron chi connectivity index (χ3n) is 9.15. The molecule has 14 heteroatoms. The molecular formula is C30H30ClN3O9S. The first-order chi connectivity index (χ1) is 20.6. The monoisotopic (exact) mass is 643 g/mol. The Balaban J connectivity index is 1.42. The Bertz CT molecular complexity index is 1840. The number of primary amides is 1. The molecule has 7 N–H and O–H groups in total. The van der Waals surface area contributed by atoms with E-state index in [0.29, 0.717) is 24.2 Å². The Morgan fingerprint density at radius 3 is 2.52 bits per heavy atom. The number of rotatable bonds is 5. The van der Waals surface area contributed by atoms with Crippen LogP contribution in [0.1, 0.15) is 34.2 Å². The van der Waals surface area contributed by atoms with Crippen LogP contribution >= 0.6 is 11.6 Å². The molecule has 232 valence electrons. The lowest BCUT2D eigenvalue weighted by Crippen LogP contribution is -2.66. The fraction of sp³-hybridized carbons (Fsp3) is 0.367. The van der Waals surface area contributed by atoms with Crippen molar-refractivity contribution in [1.29, 1.82) is 0 Å². The molecule has 1 heterocycles. The first-order valence-electron chi connectivity index (χ1n) is 13.9. The average molecular weight is 644 g/mol. The normalized spacial score (nSPS) is 27.0. The SMILES string of the molecule is CS(=O)(=O)N[C@@H]1C(=O)C(C(N)=O)=C(O)[C@@]2(O)C(=O)C3=C(O)c4c(O)cc(CN5CCc6ccccc6C5)c(Cl)c4C[C@H]3C[C@@H]12. The summed E-state index contributed by atoms with van der Waals surface area (Å²) in [4.78, 5) is 41.4. The number of fused-ring (bicyclic) bond motifs is 4. The summed E-state index contributed by atoms with van der Waals surface area (Å²) < 4.78 is 26.5. The first kappa shape index (κ1) is 30.3. The van der Waals surface area contributed by atoms with Gasteiger partial charge in [0.1, 0.15) is 22.8 Å². The molecule has 2 aromatic rings. The van der Waals surface area contributed by atoms with Gasteiger partial charge in [-0.1, -0.05) is 35.9 Å². The summed E-state index contributed by atoms with van der Waals surface area (Å²) in [5, 5.41) is 45.3. The molecule has 1 fully saturated rings. The van der Waals surface area contributed by atoms with Crippen LogP contribution in [0.2, 0.25) is 5.02 Å². The zero-order valence-corrected chi connectivity index (χ0v) is 25.1. The van der Waals surface area contributed by atoms with Gasteiger partial charge < -0.3 is 26.2 Å². The van der Waals surface area contributed by atoms with Crippen LogP contribution in [-0.4, -0.2) is 75.7 Å². The van der Waals surface area contributed by atoms with Gasteiger partial charge in [-0.3, -0.25) is 19.3 Å². The zero-order valence-electron chi connectivity index (χ0n) is 23.5. The highest BCUT2D eigenvalue weighted by Gasteiger charge is 2.64. The number of nitrogens with one attached hydrogen (secondary N) is 1. The van der Waals surface area contributed by atoms with Crippen molar-refractivity contribution < 1.29 is 43.2 Å². The van der Waals surface area contributed by atoms with Gasteiger partial charge in [-0.2, -0.15) is 0 Å². The van der Waals surface area contributed by atoms with Crippen molar-refractivity contribution in [3.63, 3.8) is 0 Å². The maximum absolute atomic E-state index is 13.9. The molecule has 1 saturated carbocycles. The van der Waals surface area contributed by atoms with Crippen molar-refractivity contribution in [3.05, 3.63) is 80.1 Å². The van der Waals surface area contributed by atoms with E-state index < -0.39 is 68.1 Å². The lowest BCUT2D eigenvalue weighted by atomic mass is 9.58. The van der Waals surface area contributed by atoms with Gasteiger partial charge in [0.2, 0.25) is 15.8 Å². The number of hydrogen-bond donors (Lipinski definition) is 6. The quantitative estimate of drug-likeness (QED) is 0.256. The Morgan fingerprint density at radius 2 is 1.86 bits per heavy atom. The Hall–Kier alpha value is -3.75. The van der Waals surface area contributed by atoms with E-state index in [1.807, 2.05) is 12.1 Å².